The molecular formula is C16H23FN4. The van der Waals surface area contributed by atoms with Crippen LogP contribution >= 0.6 is 0 Å². The van der Waals surface area contributed by atoms with Crippen LogP contribution in [-0.4, -0.2) is 23.1 Å². The van der Waals surface area contributed by atoms with E-state index in [4.69, 9.17) is 0 Å². The molecule has 1 heterocycles. The molecule has 0 aliphatic carbocycles. The molecule has 0 spiro atoms. The molecule has 2 rings (SSSR count). The van der Waals surface area contributed by atoms with Gasteiger partial charge >= 0.3 is 0 Å². The fourth-order valence-corrected chi connectivity index (χ4v) is 2.48. The van der Waals surface area contributed by atoms with Crippen LogP contribution in [0, 0.1) is 5.82 Å². The van der Waals surface area contributed by atoms with Crippen molar-refractivity contribution in [2.75, 3.05) is 18.5 Å². The van der Waals surface area contributed by atoms with Crippen molar-refractivity contribution >= 4 is 5.69 Å². The SMILES string of the molecule is CCNC(C)c1cc(F)ccc1N(C)Cc1nccn1C. The molecule has 0 saturated heterocycles. The van der Waals surface area contributed by atoms with Gasteiger partial charge in [-0.25, -0.2) is 9.37 Å². The van der Waals surface area contributed by atoms with Crippen LogP contribution in [0.4, 0.5) is 10.1 Å². The molecule has 0 aliphatic rings. The number of hydrogen-bond donors (Lipinski definition) is 1. The van der Waals surface area contributed by atoms with Crippen molar-refractivity contribution in [1.29, 1.82) is 0 Å². The van der Waals surface area contributed by atoms with Crippen LogP contribution in [0.15, 0.2) is 30.6 Å². The van der Waals surface area contributed by atoms with Crippen molar-refractivity contribution in [3.05, 3.63) is 47.8 Å². The van der Waals surface area contributed by atoms with E-state index in [1.807, 2.05) is 37.8 Å². The molecule has 0 aliphatic heterocycles. The highest BCUT2D eigenvalue weighted by Crippen LogP contribution is 2.27. The molecule has 4 nitrogen and oxygen atoms in total. The maximum Gasteiger partial charge on any atom is 0.127 e. The standard InChI is InChI=1S/C16H23FN4/c1-5-18-12(2)14-10-13(17)6-7-15(14)21(4)11-16-19-8-9-20(16)3/h6-10,12,18H,5,11H2,1-4H3. The molecule has 0 fully saturated rings. The predicted octanol–water partition coefficient (Wildman–Crippen LogP) is 2.87. The Morgan fingerprint density at radius 1 is 1.43 bits per heavy atom. The van der Waals surface area contributed by atoms with E-state index < -0.39 is 0 Å². The van der Waals surface area contributed by atoms with E-state index in [2.05, 4.69) is 22.1 Å². The van der Waals surface area contributed by atoms with Gasteiger partial charge in [-0.15, -0.1) is 0 Å². The number of halogens is 1. The molecule has 21 heavy (non-hydrogen) atoms. The van der Waals surface area contributed by atoms with Gasteiger partial charge in [0.2, 0.25) is 0 Å². The summed E-state index contributed by atoms with van der Waals surface area (Å²) in [4.78, 5) is 6.44. The second-order valence-electron chi connectivity index (χ2n) is 5.29. The van der Waals surface area contributed by atoms with Gasteiger partial charge < -0.3 is 14.8 Å². The number of aryl methyl sites for hydroxylation is 1. The minimum absolute atomic E-state index is 0.101. The van der Waals surface area contributed by atoms with E-state index in [1.54, 1.807) is 12.3 Å². The first-order valence-electron chi connectivity index (χ1n) is 7.23. The molecular weight excluding hydrogens is 267 g/mol. The number of rotatable bonds is 6. The monoisotopic (exact) mass is 290 g/mol. The van der Waals surface area contributed by atoms with Crippen LogP contribution in [-0.2, 0) is 13.6 Å². The number of anilines is 1. The largest absolute Gasteiger partial charge is 0.367 e. The normalized spacial score (nSPS) is 12.4. The highest BCUT2D eigenvalue weighted by molar-refractivity contribution is 5.54. The maximum absolute atomic E-state index is 13.6. The second-order valence-corrected chi connectivity index (χ2v) is 5.29. The number of hydrogen-bond acceptors (Lipinski definition) is 3. The third-order valence-electron chi connectivity index (χ3n) is 3.68. The summed E-state index contributed by atoms with van der Waals surface area (Å²) in [6.45, 7) is 5.63. The summed E-state index contributed by atoms with van der Waals surface area (Å²) in [6, 6.07) is 5.05. The Bertz CT molecular complexity index is 594. The summed E-state index contributed by atoms with van der Waals surface area (Å²) in [7, 11) is 3.98. The average molecular weight is 290 g/mol. The fraction of sp³-hybridized carbons (Fsp3) is 0.438. The lowest BCUT2D eigenvalue weighted by atomic mass is 10.0. The molecule has 0 bridgehead atoms. The molecule has 0 saturated carbocycles. The van der Waals surface area contributed by atoms with Crippen molar-refractivity contribution in [1.82, 2.24) is 14.9 Å². The quantitative estimate of drug-likeness (QED) is 0.888. The molecule has 114 valence electrons. The number of benzene rings is 1. The third kappa shape index (κ3) is 3.61. The van der Waals surface area contributed by atoms with Gasteiger partial charge in [-0.1, -0.05) is 6.92 Å². The van der Waals surface area contributed by atoms with Crippen molar-refractivity contribution in [3.8, 4) is 0 Å². The van der Waals surface area contributed by atoms with Crippen LogP contribution in [0.3, 0.4) is 0 Å². The minimum Gasteiger partial charge on any atom is -0.367 e. The Balaban J connectivity index is 2.27. The smallest absolute Gasteiger partial charge is 0.127 e. The molecule has 1 aromatic heterocycles. The predicted molar refractivity (Wildman–Crippen MR) is 83.8 cm³/mol. The van der Waals surface area contributed by atoms with Gasteiger partial charge in [-0.2, -0.15) is 0 Å². The van der Waals surface area contributed by atoms with E-state index in [1.165, 1.54) is 6.07 Å². The molecule has 1 N–H and O–H groups in total. The van der Waals surface area contributed by atoms with Crippen molar-refractivity contribution in [3.63, 3.8) is 0 Å². The van der Waals surface area contributed by atoms with Crippen molar-refractivity contribution < 1.29 is 4.39 Å². The van der Waals surface area contributed by atoms with E-state index in [0.717, 1.165) is 23.6 Å². The first kappa shape index (κ1) is 15.5. The molecule has 1 atom stereocenters. The highest BCUT2D eigenvalue weighted by Gasteiger charge is 2.15. The summed E-state index contributed by atoms with van der Waals surface area (Å²) in [6.07, 6.45) is 3.71. The van der Waals surface area contributed by atoms with Crippen molar-refractivity contribution in [2.45, 2.75) is 26.4 Å². The van der Waals surface area contributed by atoms with Gasteiger partial charge in [0.25, 0.3) is 0 Å². The number of nitrogens with one attached hydrogen (secondary N) is 1. The number of aromatic nitrogens is 2. The highest BCUT2D eigenvalue weighted by atomic mass is 19.1. The Morgan fingerprint density at radius 2 is 2.19 bits per heavy atom. The fourth-order valence-electron chi connectivity index (χ4n) is 2.48. The zero-order valence-electron chi connectivity index (χ0n) is 13.1. The summed E-state index contributed by atoms with van der Waals surface area (Å²) in [5.74, 6) is 0.771. The lowest BCUT2D eigenvalue weighted by Crippen LogP contribution is -2.24. The molecule has 5 heteroatoms. The lowest BCUT2D eigenvalue weighted by Gasteiger charge is -2.25. The zero-order chi connectivity index (χ0) is 15.4. The van der Waals surface area contributed by atoms with Crippen LogP contribution in [0.1, 0.15) is 31.3 Å². The second kappa shape index (κ2) is 6.72. The third-order valence-corrected chi connectivity index (χ3v) is 3.68. The van der Waals surface area contributed by atoms with E-state index >= 15 is 0 Å². The number of nitrogens with zero attached hydrogens (tertiary/aromatic N) is 3. The van der Waals surface area contributed by atoms with E-state index in [9.17, 15) is 4.39 Å². The Morgan fingerprint density at radius 3 is 2.81 bits per heavy atom. The van der Waals surface area contributed by atoms with Crippen molar-refractivity contribution in [2.24, 2.45) is 7.05 Å². The molecule has 0 amide bonds. The molecule has 1 unspecified atom stereocenters. The van der Waals surface area contributed by atoms with E-state index in [-0.39, 0.29) is 11.9 Å². The topological polar surface area (TPSA) is 33.1 Å². The molecule has 1 aromatic carbocycles. The van der Waals surface area contributed by atoms with Gasteiger partial charge in [0.05, 0.1) is 6.54 Å². The van der Waals surface area contributed by atoms with Gasteiger partial charge in [0.1, 0.15) is 11.6 Å². The van der Waals surface area contributed by atoms with Gasteiger partial charge in [0.15, 0.2) is 0 Å². The maximum atomic E-state index is 13.6. The van der Waals surface area contributed by atoms with Gasteiger partial charge in [-0.05, 0) is 37.2 Å². The zero-order valence-corrected chi connectivity index (χ0v) is 13.1. The first-order valence-corrected chi connectivity index (χ1v) is 7.23. The van der Waals surface area contributed by atoms with Crippen LogP contribution in [0.5, 0.6) is 0 Å². The Kier molecular flexibility index (Phi) is 4.96. The summed E-state index contributed by atoms with van der Waals surface area (Å²) < 4.78 is 15.6. The van der Waals surface area contributed by atoms with Gasteiger partial charge in [-0.3, -0.25) is 0 Å². The summed E-state index contributed by atoms with van der Waals surface area (Å²) in [5.41, 5.74) is 1.99. The van der Waals surface area contributed by atoms with Crippen LogP contribution < -0.4 is 10.2 Å². The minimum atomic E-state index is -0.205. The number of imidazole rings is 1. The Labute approximate surface area is 125 Å². The molecule has 0 radical (unpaired) electrons. The van der Waals surface area contributed by atoms with Crippen LogP contribution in [0.2, 0.25) is 0 Å². The summed E-state index contributed by atoms with van der Waals surface area (Å²) in [5, 5.41) is 3.34. The van der Waals surface area contributed by atoms with Crippen LogP contribution in [0.25, 0.3) is 0 Å². The molecule has 2 aromatic rings. The average Bonchev–Trinajstić information content (AvgIpc) is 2.84. The van der Waals surface area contributed by atoms with Gasteiger partial charge in [0, 0.05) is 38.2 Å². The first-order chi connectivity index (χ1) is 10.0. The van der Waals surface area contributed by atoms with E-state index in [0.29, 0.717) is 6.54 Å². The Hall–Kier alpha value is -1.88. The summed E-state index contributed by atoms with van der Waals surface area (Å²) >= 11 is 0. The lowest BCUT2D eigenvalue weighted by molar-refractivity contribution is 0.581.